The molecule has 0 aliphatic heterocycles. The number of benzene rings is 2. The zero-order valence-electron chi connectivity index (χ0n) is 18.8. The van der Waals surface area contributed by atoms with Gasteiger partial charge in [0.1, 0.15) is 4.90 Å². The molecule has 0 fully saturated rings. The molecule has 17 nitrogen and oxygen atoms in total. The van der Waals surface area contributed by atoms with Gasteiger partial charge in [0.25, 0.3) is 20.2 Å². The van der Waals surface area contributed by atoms with Crippen LogP contribution in [-0.2, 0) is 44.7 Å². The monoisotopic (exact) mass is 645 g/mol. The van der Waals surface area contributed by atoms with Crippen molar-refractivity contribution in [2.24, 2.45) is 0 Å². The van der Waals surface area contributed by atoms with Gasteiger partial charge in [0, 0.05) is 5.69 Å². The van der Waals surface area contributed by atoms with Crippen LogP contribution in [0.15, 0.2) is 57.2 Å². The summed E-state index contributed by atoms with van der Waals surface area (Å²) in [6.45, 7) is -0.807. The lowest BCUT2D eigenvalue weighted by Gasteiger charge is -2.12. The van der Waals surface area contributed by atoms with E-state index >= 15 is 0 Å². The zero-order chi connectivity index (χ0) is 29.2. The third-order valence-corrected chi connectivity index (χ3v) is 8.51. The summed E-state index contributed by atoms with van der Waals surface area (Å²) in [5.74, 6) is -1.31. The van der Waals surface area contributed by atoms with Gasteiger partial charge in [-0.15, -0.1) is 0 Å². The van der Waals surface area contributed by atoms with E-state index in [4.69, 9.17) is 20.7 Å². The summed E-state index contributed by atoms with van der Waals surface area (Å²) in [6, 6.07) is 7.19. The summed E-state index contributed by atoms with van der Waals surface area (Å²) < 4.78 is 123. The molecular weight excluding hydrogens is 630 g/mol. The smallest absolute Gasteiger partial charge is 0.324 e. The highest BCUT2D eigenvalue weighted by Gasteiger charge is 2.22. The highest BCUT2D eigenvalue weighted by molar-refractivity contribution is 7.91. The minimum absolute atomic E-state index is 0.200. The van der Waals surface area contributed by atoms with Crippen molar-refractivity contribution < 1.29 is 51.5 Å². The molecule has 1 aromatic heterocycles. The van der Waals surface area contributed by atoms with Crippen LogP contribution >= 0.6 is 11.6 Å². The second kappa shape index (κ2) is 11.2. The lowest BCUT2D eigenvalue weighted by atomic mass is 10.3. The van der Waals surface area contributed by atoms with Crippen molar-refractivity contribution in [2.75, 3.05) is 23.0 Å². The summed E-state index contributed by atoms with van der Waals surface area (Å²) in [5.41, 5.74) is -0.141. The fourth-order valence-corrected chi connectivity index (χ4v) is 5.71. The van der Waals surface area contributed by atoms with Crippen molar-refractivity contribution in [2.45, 2.75) is 14.7 Å². The Labute approximate surface area is 226 Å². The first-order valence-electron chi connectivity index (χ1n) is 9.83. The van der Waals surface area contributed by atoms with Gasteiger partial charge in [-0.2, -0.15) is 40.2 Å². The second-order valence-electron chi connectivity index (χ2n) is 7.20. The van der Waals surface area contributed by atoms with E-state index in [9.17, 15) is 38.2 Å². The minimum atomic E-state index is -4.99. The van der Waals surface area contributed by atoms with Gasteiger partial charge in [0.2, 0.25) is 17.2 Å². The number of nitrogens with zero attached hydrogens (tertiary/aromatic N) is 3. The summed E-state index contributed by atoms with van der Waals surface area (Å²) in [5, 5.41) is 4.73. The van der Waals surface area contributed by atoms with Crippen LogP contribution in [0.2, 0.25) is 5.28 Å². The van der Waals surface area contributed by atoms with E-state index in [0.29, 0.717) is 6.07 Å². The van der Waals surface area contributed by atoms with E-state index in [-0.39, 0.29) is 28.2 Å². The van der Waals surface area contributed by atoms with E-state index < -0.39 is 67.9 Å². The lowest BCUT2D eigenvalue weighted by molar-refractivity contribution is 0.284. The van der Waals surface area contributed by atoms with Gasteiger partial charge < -0.3 is 10.6 Å². The van der Waals surface area contributed by atoms with Crippen molar-refractivity contribution in [3.63, 3.8) is 0 Å². The molecule has 2 aromatic carbocycles. The number of aromatic nitrogens is 3. The first-order chi connectivity index (χ1) is 17.8. The molecule has 0 amide bonds. The number of nitrogens with one attached hydrogen (secondary N) is 2. The van der Waals surface area contributed by atoms with E-state index in [0.717, 1.165) is 12.1 Å². The number of hydrogen-bond donors (Lipinski definition) is 5. The first-order valence-corrected chi connectivity index (χ1v) is 16.1. The Morgan fingerprint density at radius 1 is 0.744 bits per heavy atom. The summed E-state index contributed by atoms with van der Waals surface area (Å²) in [4.78, 5) is 9.60. The molecular formula is C17H16ClN5O12S4. The number of anilines is 4. The third kappa shape index (κ3) is 8.74. The molecule has 0 unspecified atom stereocenters. The Kier molecular flexibility index (Phi) is 8.79. The van der Waals surface area contributed by atoms with Gasteiger partial charge in [-0.1, -0.05) is 0 Å². The van der Waals surface area contributed by atoms with Crippen LogP contribution < -0.4 is 10.6 Å². The molecule has 0 atom stereocenters. The van der Waals surface area contributed by atoms with Crippen LogP contribution in [0.5, 0.6) is 0 Å². The third-order valence-electron chi connectivity index (χ3n) is 4.44. The van der Waals surface area contributed by atoms with Crippen LogP contribution in [0.3, 0.4) is 0 Å². The van der Waals surface area contributed by atoms with Gasteiger partial charge >= 0.3 is 10.4 Å². The topological polar surface area (TPSA) is 269 Å². The fourth-order valence-electron chi connectivity index (χ4n) is 2.80. The van der Waals surface area contributed by atoms with Crippen molar-refractivity contribution in [3.05, 3.63) is 47.7 Å². The van der Waals surface area contributed by atoms with Crippen LogP contribution in [0.1, 0.15) is 0 Å². The maximum Gasteiger partial charge on any atom is 0.397 e. The van der Waals surface area contributed by atoms with Crippen LogP contribution in [0, 0.1) is 0 Å². The summed E-state index contributed by atoms with van der Waals surface area (Å²) >= 11 is 5.89. The largest absolute Gasteiger partial charge is 0.397 e. The Hall–Kier alpha value is -3.02. The van der Waals surface area contributed by atoms with E-state index in [2.05, 4.69) is 29.8 Å². The van der Waals surface area contributed by atoms with Gasteiger partial charge in [-0.3, -0.25) is 13.7 Å². The summed E-state index contributed by atoms with van der Waals surface area (Å²) in [6.07, 6.45) is 0. The first kappa shape index (κ1) is 30.5. The average molecular weight is 646 g/mol. The molecule has 1 heterocycles. The second-order valence-corrected chi connectivity index (χ2v) is 13.6. The Balaban J connectivity index is 1.83. The van der Waals surface area contributed by atoms with Crippen LogP contribution in [-0.4, -0.2) is 74.6 Å². The Bertz CT molecular complexity index is 1830. The molecule has 0 radical (unpaired) electrons. The molecule has 0 aliphatic rings. The predicted molar refractivity (Wildman–Crippen MR) is 133 cm³/mol. The molecule has 22 heteroatoms. The van der Waals surface area contributed by atoms with Gasteiger partial charge in [0.15, 0.2) is 9.84 Å². The Morgan fingerprint density at radius 2 is 1.31 bits per heavy atom. The molecule has 5 N–H and O–H groups in total. The van der Waals surface area contributed by atoms with Crippen molar-refractivity contribution in [3.8, 4) is 0 Å². The van der Waals surface area contributed by atoms with Crippen molar-refractivity contribution in [1.29, 1.82) is 0 Å². The highest BCUT2D eigenvalue weighted by atomic mass is 35.5. The molecule has 0 spiro atoms. The lowest BCUT2D eigenvalue weighted by Crippen LogP contribution is -2.15. The maximum atomic E-state index is 12.3. The van der Waals surface area contributed by atoms with E-state index in [1.54, 1.807) is 0 Å². The number of rotatable bonds is 11. The summed E-state index contributed by atoms with van der Waals surface area (Å²) in [7, 11) is -18.6. The Morgan fingerprint density at radius 3 is 1.85 bits per heavy atom. The molecule has 3 rings (SSSR count). The maximum absolute atomic E-state index is 12.3. The number of sulfone groups is 1. The van der Waals surface area contributed by atoms with Gasteiger partial charge in [-0.25, -0.2) is 12.6 Å². The van der Waals surface area contributed by atoms with E-state index in [1.165, 1.54) is 24.3 Å². The fraction of sp³-hybridized carbons (Fsp3) is 0.118. The van der Waals surface area contributed by atoms with Crippen LogP contribution in [0.25, 0.3) is 0 Å². The van der Waals surface area contributed by atoms with Crippen molar-refractivity contribution in [1.82, 2.24) is 15.0 Å². The quantitative estimate of drug-likeness (QED) is 0.182. The average Bonchev–Trinajstić information content (AvgIpc) is 2.77. The minimum Gasteiger partial charge on any atom is -0.324 e. The molecule has 212 valence electrons. The SMILES string of the molecule is O=S(=O)(O)OCCS(=O)(=O)c1ccc(Nc2nc(Cl)nc(Nc3ccc(S(=O)(=O)O)cc3S(=O)(=O)O)n2)cc1. The van der Waals surface area contributed by atoms with Crippen LogP contribution in [0.4, 0.5) is 23.3 Å². The molecule has 0 bridgehead atoms. The number of hydrogen-bond acceptors (Lipinski definition) is 14. The molecule has 39 heavy (non-hydrogen) atoms. The molecule has 0 saturated heterocycles. The van der Waals surface area contributed by atoms with Gasteiger partial charge in [-0.05, 0) is 54.1 Å². The normalized spacial score (nSPS) is 12.7. The standard InChI is InChI=1S/C17H16ClN5O12S4/c18-15-21-16(19-10-1-3-11(4-2-10)36(24,25)8-7-35-39(32,33)34)23-17(22-15)20-13-6-5-12(37(26,27)28)9-14(13)38(29,30)31/h1-6,9H,7-8H2,(H,26,27,28)(H,29,30,31)(H,32,33,34)(H2,19,20,21,22,23). The van der Waals surface area contributed by atoms with Gasteiger partial charge in [0.05, 0.1) is 27.8 Å². The highest BCUT2D eigenvalue weighted by Crippen LogP contribution is 2.28. The molecule has 0 aliphatic carbocycles. The molecule has 3 aromatic rings. The van der Waals surface area contributed by atoms with E-state index in [1.807, 2.05) is 0 Å². The zero-order valence-corrected chi connectivity index (χ0v) is 22.8. The molecule has 0 saturated carbocycles. The number of halogens is 1. The predicted octanol–water partition coefficient (Wildman–Crippen LogP) is 1.10. The van der Waals surface area contributed by atoms with Crippen molar-refractivity contribution >= 4 is 75.3 Å².